The largest absolute Gasteiger partial charge is 0.325 e. The number of rotatable bonds is 5. The summed E-state index contributed by atoms with van der Waals surface area (Å²) in [4.78, 5) is 6.50. The zero-order valence-corrected chi connectivity index (χ0v) is 11.1. The Morgan fingerprint density at radius 2 is 1.95 bits per heavy atom. The van der Waals surface area contributed by atoms with Crippen LogP contribution in [0.2, 0.25) is 0 Å². The van der Waals surface area contributed by atoms with E-state index in [1.807, 2.05) is 36.4 Å². The van der Waals surface area contributed by atoms with E-state index >= 15 is 0 Å². The quantitative estimate of drug-likeness (QED) is 0.809. The van der Waals surface area contributed by atoms with Crippen molar-refractivity contribution in [3.8, 4) is 6.07 Å². The molecule has 19 heavy (non-hydrogen) atoms. The summed E-state index contributed by atoms with van der Waals surface area (Å²) in [7, 11) is 0. The first-order valence-electron chi connectivity index (χ1n) is 6.54. The van der Waals surface area contributed by atoms with E-state index in [-0.39, 0.29) is 0 Å². The van der Waals surface area contributed by atoms with Gasteiger partial charge in [-0.3, -0.25) is 0 Å². The Hall–Kier alpha value is -2.34. The standard InChI is InChI=1S/C16H17N3/c1-2-3-12-19(15-9-5-4-6-10-15)16-14(13-17)8-7-11-18-16/h4-11H,2-3,12H2,1H3. The number of nitrogens with zero attached hydrogens (tertiary/aromatic N) is 3. The van der Waals surface area contributed by atoms with Crippen molar-refractivity contribution in [3.05, 3.63) is 54.2 Å². The van der Waals surface area contributed by atoms with Crippen molar-refractivity contribution in [2.75, 3.05) is 11.4 Å². The molecule has 96 valence electrons. The van der Waals surface area contributed by atoms with E-state index in [4.69, 9.17) is 0 Å². The van der Waals surface area contributed by atoms with Crippen molar-refractivity contribution < 1.29 is 0 Å². The second-order valence-electron chi connectivity index (χ2n) is 4.33. The van der Waals surface area contributed by atoms with Crippen LogP contribution in [0, 0.1) is 11.3 Å². The summed E-state index contributed by atoms with van der Waals surface area (Å²) in [6.07, 6.45) is 3.91. The van der Waals surface area contributed by atoms with Crippen LogP contribution in [-0.2, 0) is 0 Å². The van der Waals surface area contributed by atoms with Gasteiger partial charge in [-0.1, -0.05) is 31.5 Å². The summed E-state index contributed by atoms with van der Waals surface area (Å²) < 4.78 is 0. The van der Waals surface area contributed by atoms with Crippen LogP contribution in [0.3, 0.4) is 0 Å². The van der Waals surface area contributed by atoms with Gasteiger partial charge < -0.3 is 4.90 Å². The van der Waals surface area contributed by atoms with Crippen LogP contribution < -0.4 is 4.90 Å². The third kappa shape index (κ3) is 3.11. The molecule has 0 aliphatic heterocycles. The van der Waals surface area contributed by atoms with E-state index < -0.39 is 0 Å². The van der Waals surface area contributed by atoms with E-state index in [0.29, 0.717) is 5.56 Å². The summed E-state index contributed by atoms with van der Waals surface area (Å²) in [5.41, 5.74) is 1.69. The van der Waals surface area contributed by atoms with Crippen LogP contribution in [0.1, 0.15) is 25.3 Å². The van der Waals surface area contributed by atoms with Crippen LogP contribution in [0.5, 0.6) is 0 Å². The number of aromatic nitrogens is 1. The average molecular weight is 251 g/mol. The first kappa shape index (κ1) is 13.1. The van der Waals surface area contributed by atoms with E-state index in [9.17, 15) is 5.26 Å². The molecule has 2 rings (SSSR count). The van der Waals surface area contributed by atoms with Crippen LogP contribution in [0.4, 0.5) is 11.5 Å². The minimum Gasteiger partial charge on any atom is -0.325 e. The zero-order chi connectivity index (χ0) is 13.5. The van der Waals surface area contributed by atoms with Crippen molar-refractivity contribution in [2.24, 2.45) is 0 Å². The van der Waals surface area contributed by atoms with Gasteiger partial charge >= 0.3 is 0 Å². The highest BCUT2D eigenvalue weighted by Crippen LogP contribution is 2.26. The highest BCUT2D eigenvalue weighted by molar-refractivity contribution is 5.65. The summed E-state index contributed by atoms with van der Waals surface area (Å²) in [5, 5.41) is 9.22. The molecule has 0 aliphatic carbocycles. The van der Waals surface area contributed by atoms with Crippen molar-refractivity contribution in [1.82, 2.24) is 4.98 Å². The zero-order valence-electron chi connectivity index (χ0n) is 11.1. The number of benzene rings is 1. The van der Waals surface area contributed by atoms with Gasteiger partial charge in [-0.25, -0.2) is 4.98 Å². The average Bonchev–Trinajstić information content (AvgIpc) is 2.49. The van der Waals surface area contributed by atoms with Crippen LogP contribution in [0.15, 0.2) is 48.7 Å². The molecule has 1 aromatic heterocycles. The number of anilines is 2. The van der Waals surface area contributed by atoms with Gasteiger partial charge in [0.25, 0.3) is 0 Å². The first-order chi connectivity index (χ1) is 9.36. The number of para-hydroxylation sites is 1. The monoisotopic (exact) mass is 251 g/mol. The second-order valence-corrected chi connectivity index (χ2v) is 4.33. The molecule has 1 aromatic carbocycles. The number of hydrogen-bond donors (Lipinski definition) is 0. The lowest BCUT2D eigenvalue weighted by atomic mass is 10.2. The SMILES string of the molecule is CCCCN(c1ccccc1)c1ncccc1C#N. The normalized spacial score (nSPS) is 9.89. The maximum Gasteiger partial charge on any atom is 0.150 e. The molecule has 1 heterocycles. The molecule has 0 amide bonds. The molecule has 0 bridgehead atoms. The van der Waals surface area contributed by atoms with Gasteiger partial charge in [0.15, 0.2) is 5.82 Å². The lowest BCUT2D eigenvalue weighted by Crippen LogP contribution is -2.20. The Kier molecular flexibility index (Phi) is 4.52. The van der Waals surface area contributed by atoms with Gasteiger partial charge in [0, 0.05) is 18.4 Å². The van der Waals surface area contributed by atoms with Crippen LogP contribution >= 0.6 is 0 Å². The molecule has 3 nitrogen and oxygen atoms in total. The molecule has 0 atom stereocenters. The summed E-state index contributed by atoms with van der Waals surface area (Å²) >= 11 is 0. The minimum absolute atomic E-state index is 0.613. The summed E-state index contributed by atoms with van der Waals surface area (Å²) in [5.74, 6) is 0.740. The summed E-state index contributed by atoms with van der Waals surface area (Å²) in [6, 6.07) is 15.9. The van der Waals surface area contributed by atoms with E-state index in [2.05, 4.69) is 22.9 Å². The molecule has 2 aromatic rings. The molecule has 0 saturated carbocycles. The molecule has 0 saturated heterocycles. The van der Waals surface area contributed by atoms with E-state index in [1.165, 1.54) is 0 Å². The lowest BCUT2D eigenvalue weighted by Gasteiger charge is -2.24. The third-order valence-corrected chi connectivity index (χ3v) is 2.97. The Bertz CT molecular complexity index is 558. The Balaban J connectivity index is 2.41. The van der Waals surface area contributed by atoms with Gasteiger partial charge in [-0.15, -0.1) is 0 Å². The van der Waals surface area contributed by atoms with Crippen molar-refractivity contribution in [3.63, 3.8) is 0 Å². The van der Waals surface area contributed by atoms with Crippen LogP contribution in [-0.4, -0.2) is 11.5 Å². The molecule has 3 heteroatoms. The predicted molar refractivity (Wildman–Crippen MR) is 77.3 cm³/mol. The molecular weight excluding hydrogens is 234 g/mol. The summed E-state index contributed by atoms with van der Waals surface area (Å²) in [6.45, 7) is 3.03. The Labute approximate surface area is 114 Å². The third-order valence-electron chi connectivity index (χ3n) is 2.97. The highest BCUT2D eigenvalue weighted by atomic mass is 15.2. The van der Waals surface area contributed by atoms with Gasteiger partial charge in [0.2, 0.25) is 0 Å². The molecule has 0 unspecified atom stereocenters. The van der Waals surface area contributed by atoms with Crippen molar-refractivity contribution in [2.45, 2.75) is 19.8 Å². The topological polar surface area (TPSA) is 39.9 Å². The Morgan fingerprint density at radius 3 is 2.63 bits per heavy atom. The number of nitriles is 1. The van der Waals surface area contributed by atoms with Crippen LogP contribution in [0.25, 0.3) is 0 Å². The molecular formula is C16H17N3. The highest BCUT2D eigenvalue weighted by Gasteiger charge is 2.13. The first-order valence-corrected chi connectivity index (χ1v) is 6.54. The maximum absolute atomic E-state index is 9.22. The molecule has 0 N–H and O–H groups in total. The molecule has 0 fully saturated rings. The van der Waals surface area contributed by atoms with Gasteiger partial charge in [-0.05, 0) is 30.7 Å². The number of hydrogen-bond acceptors (Lipinski definition) is 3. The fraction of sp³-hybridized carbons (Fsp3) is 0.250. The van der Waals surface area contributed by atoms with Gasteiger partial charge in [-0.2, -0.15) is 5.26 Å². The fourth-order valence-electron chi connectivity index (χ4n) is 1.98. The Morgan fingerprint density at radius 1 is 1.16 bits per heavy atom. The smallest absolute Gasteiger partial charge is 0.150 e. The predicted octanol–water partition coefficient (Wildman–Crippen LogP) is 3.89. The van der Waals surface area contributed by atoms with E-state index in [0.717, 1.165) is 30.9 Å². The van der Waals surface area contributed by atoms with Crippen molar-refractivity contribution in [1.29, 1.82) is 5.26 Å². The molecule has 0 aliphatic rings. The number of pyridine rings is 1. The second kappa shape index (κ2) is 6.55. The minimum atomic E-state index is 0.613. The van der Waals surface area contributed by atoms with Gasteiger partial charge in [0.05, 0.1) is 5.56 Å². The fourth-order valence-corrected chi connectivity index (χ4v) is 1.98. The van der Waals surface area contributed by atoms with E-state index in [1.54, 1.807) is 12.3 Å². The molecule has 0 spiro atoms. The lowest BCUT2D eigenvalue weighted by molar-refractivity contribution is 0.779. The molecule has 0 radical (unpaired) electrons. The van der Waals surface area contributed by atoms with Gasteiger partial charge in [0.1, 0.15) is 6.07 Å². The van der Waals surface area contributed by atoms with Crippen molar-refractivity contribution >= 4 is 11.5 Å². The number of unbranched alkanes of at least 4 members (excludes halogenated alkanes) is 1. The maximum atomic E-state index is 9.22.